The number of methoxy groups -OCH3 is 1. The van der Waals surface area contributed by atoms with E-state index in [0.29, 0.717) is 42.5 Å². The fourth-order valence-corrected chi connectivity index (χ4v) is 2.98. The number of carbonyl (C=O) groups is 2. The summed E-state index contributed by atoms with van der Waals surface area (Å²) in [7, 11) is 3.49. The number of carboxylic acid groups (broad SMARTS) is 1. The van der Waals surface area contributed by atoms with Crippen molar-refractivity contribution in [2.75, 3.05) is 20.3 Å². The summed E-state index contributed by atoms with van der Waals surface area (Å²) in [6.45, 7) is 3.19. The molecule has 0 atom stereocenters. The first kappa shape index (κ1) is 19.6. The molecular weight excluding hydrogens is 361 g/mol. The summed E-state index contributed by atoms with van der Waals surface area (Å²) < 4.78 is 16.4. The van der Waals surface area contributed by atoms with Gasteiger partial charge in [-0.1, -0.05) is 30.5 Å². The van der Waals surface area contributed by atoms with Gasteiger partial charge in [0.05, 0.1) is 26.6 Å². The first-order chi connectivity index (χ1) is 13.5. The van der Waals surface area contributed by atoms with Crippen LogP contribution in [0.3, 0.4) is 0 Å². The summed E-state index contributed by atoms with van der Waals surface area (Å²) in [5, 5.41) is 9.04. The molecule has 2 aromatic carbocycles. The minimum Gasteiger partial charge on any atom is -0.493 e. The number of carbonyl (C=O) groups excluding carboxylic acids is 1. The van der Waals surface area contributed by atoms with Crippen LogP contribution in [0, 0.1) is 0 Å². The average molecular weight is 382 g/mol. The molecule has 145 valence electrons. The first-order valence-corrected chi connectivity index (χ1v) is 8.90. The highest BCUT2D eigenvalue weighted by Crippen LogP contribution is 2.34. The van der Waals surface area contributed by atoms with Crippen LogP contribution in [0.25, 0.3) is 0 Å². The van der Waals surface area contributed by atoms with Gasteiger partial charge < -0.3 is 24.2 Å². The Morgan fingerprint density at radius 1 is 1.21 bits per heavy atom. The highest BCUT2D eigenvalue weighted by Gasteiger charge is 2.23. The zero-order chi connectivity index (χ0) is 20.1. The van der Waals surface area contributed by atoms with Gasteiger partial charge in [0.1, 0.15) is 19.6 Å². The van der Waals surface area contributed by atoms with Crippen molar-refractivity contribution >= 4 is 24.8 Å². The van der Waals surface area contributed by atoms with Crippen molar-refractivity contribution in [1.29, 1.82) is 0 Å². The van der Waals surface area contributed by atoms with Crippen LogP contribution in [0.2, 0.25) is 6.82 Å². The molecule has 1 aliphatic heterocycles. The Hall–Kier alpha value is -3.16. The van der Waals surface area contributed by atoms with Crippen molar-refractivity contribution in [2.24, 2.45) is 0 Å². The van der Waals surface area contributed by atoms with Crippen molar-refractivity contribution in [3.8, 4) is 17.2 Å². The number of cyclic esters (lactones) is 1. The summed E-state index contributed by atoms with van der Waals surface area (Å²) in [5.74, 6) is 0.551. The SMILES string of the molecule is C[B]c1ccc(Oc2cc(CC(=O)O)ccc2OC)c(CN2CCOC2=O)c1. The fraction of sp³-hybridized carbons (Fsp3) is 0.300. The average Bonchev–Trinajstić information content (AvgIpc) is 3.07. The fourth-order valence-electron chi connectivity index (χ4n) is 2.98. The van der Waals surface area contributed by atoms with Crippen molar-refractivity contribution in [3.05, 3.63) is 47.5 Å². The molecule has 1 heterocycles. The number of carboxylic acids is 1. The van der Waals surface area contributed by atoms with Gasteiger partial charge in [-0.2, -0.15) is 0 Å². The van der Waals surface area contributed by atoms with E-state index in [1.807, 2.05) is 32.3 Å². The maximum Gasteiger partial charge on any atom is 0.410 e. The van der Waals surface area contributed by atoms with Gasteiger partial charge in [0.2, 0.25) is 0 Å². The molecule has 0 bridgehead atoms. The predicted octanol–water partition coefficient (Wildman–Crippen LogP) is 2.44. The van der Waals surface area contributed by atoms with Crippen LogP contribution in [0.4, 0.5) is 4.79 Å². The summed E-state index contributed by atoms with van der Waals surface area (Å²) >= 11 is 0. The van der Waals surface area contributed by atoms with Crippen LogP contribution in [0.5, 0.6) is 17.2 Å². The molecule has 0 aromatic heterocycles. The maximum atomic E-state index is 11.8. The molecule has 1 fully saturated rings. The van der Waals surface area contributed by atoms with Crippen molar-refractivity contribution < 1.29 is 28.9 Å². The van der Waals surface area contributed by atoms with Gasteiger partial charge in [-0.15, -0.1) is 0 Å². The summed E-state index contributed by atoms with van der Waals surface area (Å²) in [5.41, 5.74) is 2.42. The second-order valence-corrected chi connectivity index (χ2v) is 6.35. The van der Waals surface area contributed by atoms with Gasteiger partial charge >= 0.3 is 12.1 Å². The minimum atomic E-state index is -0.924. The monoisotopic (exact) mass is 382 g/mol. The molecule has 8 heteroatoms. The predicted molar refractivity (Wildman–Crippen MR) is 104 cm³/mol. The van der Waals surface area contributed by atoms with E-state index >= 15 is 0 Å². The minimum absolute atomic E-state index is 0.115. The van der Waals surface area contributed by atoms with E-state index in [-0.39, 0.29) is 12.5 Å². The van der Waals surface area contributed by atoms with Crippen LogP contribution >= 0.6 is 0 Å². The Morgan fingerprint density at radius 3 is 2.64 bits per heavy atom. The number of aliphatic carboxylic acids is 1. The number of nitrogens with zero attached hydrogens (tertiary/aromatic N) is 1. The molecule has 0 spiro atoms. The van der Waals surface area contributed by atoms with Gasteiger partial charge in [-0.05, 0) is 23.8 Å². The van der Waals surface area contributed by atoms with E-state index in [1.165, 1.54) is 7.11 Å². The standard InChI is InChI=1S/C20H21BNO6/c1-21-15-4-6-16(14(11-15)12-22-7-8-27-20(22)25)28-18-9-13(10-19(23)24)3-5-17(18)26-2/h3-6,9,11H,7-8,10,12H2,1-2H3,(H,23,24). The molecular formula is C20H21BNO6. The molecule has 2 aromatic rings. The van der Waals surface area contributed by atoms with Crippen LogP contribution in [-0.4, -0.2) is 49.6 Å². The highest BCUT2D eigenvalue weighted by atomic mass is 16.6. The van der Waals surface area contributed by atoms with Crippen molar-refractivity contribution in [2.45, 2.75) is 19.8 Å². The van der Waals surface area contributed by atoms with Crippen molar-refractivity contribution in [1.82, 2.24) is 4.90 Å². The molecule has 3 rings (SSSR count). The van der Waals surface area contributed by atoms with Crippen molar-refractivity contribution in [3.63, 3.8) is 0 Å². The third kappa shape index (κ3) is 4.57. The van der Waals surface area contributed by atoms with Crippen LogP contribution in [-0.2, 0) is 22.5 Å². The summed E-state index contributed by atoms with van der Waals surface area (Å²) in [4.78, 5) is 24.5. The Morgan fingerprint density at radius 2 is 2.00 bits per heavy atom. The molecule has 1 amide bonds. The quantitative estimate of drug-likeness (QED) is 0.706. The Bertz CT molecular complexity index is 885. The molecule has 7 nitrogen and oxygen atoms in total. The topological polar surface area (TPSA) is 85.3 Å². The number of hydrogen-bond acceptors (Lipinski definition) is 5. The smallest absolute Gasteiger partial charge is 0.410 e. The van der Waals surface area contributed by atoms with E-state index in [4.69, 9.17) is 19.3 Å². The molecule has 1 radical (unpaired) electrons. The molecule has 28 heavy (non-hydrogen) atoms. The lowest BCUT2D eigenvalue weighted by Gasteiger charge is -2.18. The Kier molecular flexibility index (Phi) is 6.08. The zero-order valence-corrected chi connectivity index (χ0v) is 15.8. The lowest BCUT2D eigenvalue weighted by Crippen LogP contribution is -2.25. The Labute approximate surface area is 164 Å². The highest BCUT2D eigenvalue weighted by molar-refractivity contribution is 6.51. The normalized spacial score (nSPS) is 13.2. The lowest BCUT2D eigenvalue weighted by atomic mass is 9.73. The maximum absolute atomic E-state index is 11.8. The molecule has 0 saturated carbocycles. The first-order valence-electron chi connectivity index (χ1n) is 8.90. The van der Waals surface area contributed by atoms with Gasteiger partial charge in [-0.25, -0.2) is 4.79 Å². The third-order valence-electron chi connectivity index (χ3n) is 4.43. The van der Waals surface area contributed by atoms with E-state index in [1.54, 1.807) is 23.1 Å². The van der Waals surface area contributed by atoms with E-state index in [9.17, 15) is 9.59 Å². The molecule has 0 unspecified atom stereocenters. The second kappa shape index (κ2) is 8.69. The molecule has 0 aliphatic carbocycles. The van der Waals surface area contributed by atoms with E-state index in [2.05, 4.69) is 0 Å². The number of benzene rings is 2. The molecule has 1 saturated heterocycles. The largest absolute Gasteiger partial charge is 0.493 e. The number of ether oxygens (including phenoxy) is 3. The molecule has 1 N–H and O–H groups in total. The van der Waals surface area contributed by atoms with Gasteiger partial charge in [0.25, 0.3) is 0 Å². The van der Waals surface area contributed by atoms with Gasteiger partial charge in [0, 0.05) is 5.56 Å². The van der Waals surface area contributed by atoms with Crippen LogP contribution < -0.4 is 14.9 Å². The van der Waals surface area contributed by atoms with Gasteiger partial charge in [0.15, 0.2) is 11.5 Å². The molecule has 1 aliphatic rings. The van der Waals surface area contributed by atoms with E-state index < -0.39 is 5.97 Å². The van der Waals surface area contributed by atoms with Crippen LogP contribution in [0.1, 0.15) is 11.1 Å². The van der Waals surface area contributed by atoms with E-state index in [0.717, 1.165) is 11.0 Å². The summed E-state index contributed by atoms with van der Waals surface area (Å²) in [6.07, 6.45) is -0.464. The summed E-state index contributed by atoms with van der Waals surface area (Å²) in [6, 6.07) is 10.7. The lowest BCUT2D eigenvalue weighted by molar-refractivity contribution is -0.136. The number of rotatable bonds is 8. The number of amides is 1. The Balaban J connectivity index is 1.92. The van der Waals surface area contributed by atoms with Gasteiger partial charge in [-0.3, -0.25) is 4.79 Å². The zero-order valence-electron chi connectivity index (χ0n) is 15.8. The van der Waals surface area contributed by atoms with Crippen LogP contribution in [0.15, 0.2) is 36.4 Å². The second-order valence-electron chi connectivity index (χ2n) is 6.35. The third-order valence-corrected chi connectivity index (χ3v) is 4.43. The number of hydrogen-bond donors (Lipinski definition) is 1.